The van der Waals surface area contributed by atoms with Crippen molar-refractivity contribution in [3.63, 3.8) is 0 Å². The highest BCUT2D eigenvalue weighted by Crippen LogP contribution is 2.44. The molecule has 6 aromatic carbocycles. The van der Waals surface area contributed by atoms with Crippen LogP contribution in [0, 0.1) is 269 Å². The molecule has 0 aromatic heterocycles. The highest BCUT2D eigenvalue weighted by molar-refractivity contribution is 5.85. The van der Waals surface area contributed by atoms with Gasteiger partial charge in [-0.15, -0.1) is 12.8 Å². The topological polar surface area (TPSA) is 66.0 Å². The Kier molecular flexibility index (Phi) is 25.4. The Morgan fingerprint density at radius 2 is 0.789 bits per heavy atom. The third kappa shape index (κ3) is 21.8. The van der Waals surface area contributed by atoms with E-state index in [0.717, 1.165) is 49.7 Å². The summed E-state index contributed by atoms with van der Waals surface area (Å²) in [6.45, 7) is 2.32. The van der Waals surface area contributed by atoms with Gasteiger partial charge in [-0.2, -0.15) is 0 Å². The Morgan fingerprint density at radius 3 is 1.22 bits per heavy atom. The Bertz CT molecular complexity index is 5120. The minimum absolute atomic E-state index is 0.0768. The van der Waals surface area contributed by atoms with Crippen molar-refractivity contribution in [1.82, 2.24) is 5.32 Å². The van der Waals surface area contributed by atoms with Crippen LogP contribution in [0.25, 0.3) is 21.9 Å². The van der Waals surface area contributed by atoms with Crippen LogP contribution in [-0.2, 0) is 11.3 Å². The van der Waals surface area contributed by atoms with Crippen LogP contribution in [0.2, 0.25) is 0 Å². The van der Waals surface area contributed by atoms with Gasteiger partial charge in [-0.25, -0.2) is 4.79 Å². The SMILES string of the molecule is C#CC#CC#CC#CC#CC#CC#CC#CC#CC#CC#COc1cc(COc2ccc3cc(C(NC(=O)OCC4c5ccccc5-c5ccccc54)c4ccc(C)cc4)ccc3c2)cc(OC#CC#CC#CC#CC#CC#CC#CC#CC#CC#CC#C)c1. The number of terminal acetylenes is 2. The summed E-state index contributed by atoms with van der Waals surface area (Å²) in [4.78, 5) is 13.7. The van der Waals surface area contributed by atoms with Gasteiger partial charge in [0, 0.05) is 154 Å². The Hall–Kier alpha value is -15.4. The number of carbonyl (C=O) groups excluding carboxylic acids is 1. The average Bonchev–Trinajstić information content (AvgIpc) is 1.79. The molecule has 0 aliphatic heterocycles. The fourth-order valence-electron chi connectivity index (χ4n) is 7.74. The largest absolute Gasteiger partial charge is 0.489 e. The van der Waals surface area contributed by atoms with Gasteiger partial charge in [-0.1, -0.05) is 96.6 Å². The van der Waals surface area contributed by atoms with Crippen molar-refractivity contribution in [3.05, 3.63) is 161 Å². The van der Waals surface area contributed by atoms with Crippen LogP contribution >= 0.6 is 0 Å². The standard InChI is InChI=1S/C84H33NO5/c1-4-6-8-10-12-14-16-18-20-22-24-26-28-30-32-34-36-38-40-46-60-87-76-62-70(63-77(66-76)88-61-47-41-39-37-35-33-31-29-27-25-23-21-19-17-15-13-11-9-7-5-2)67-89-75-59-58-72-64-74(57-56-73(72)65-75)83(71-54-52-69(3)53-55-71)85-84(86)90-68-82-80-50-44-42-48-78(80)79-49-43-45-51-81(79)82/h1-2,42-45,48-59,62-66,82-83H,67-68H2,3H3,(H,85,86). The summed E-state index contributed by atoms with van der Waals surface area (Å²) in [5.41, 5.74) is 8.13. The molecule has 1 N–H and O–H groups in total. The smallest absolute Gasteiger partial charge is 0.407 e. The molecule has 90 heavy (non-hydrogen) atoms. The lowest BCUT2D eigenvalue weighted by molar-refractivity contribution is 0.140. The zero-order valence-corrected chi connectivity index (χ0v) is 47.4. The molecule has 0 bridgehead atoms. The zero-order chi connectivity index (χ0) is 62.7. The second-order valence-corrected chi connectivity index (χ2v) is 17.1. The van der Waals surface area contributed by atoms with Crippen molar-refractivity contribution in [2.24, 2.45) is 0 Å². The first kappa shape index (κ1) is 62.2. The summed E-state index contributed by atoms with van der Waals surface area (Å²) in [7, 11) is 0. The highest BCUT2D eigenvalue weighted by atomic mass is 16.5. The molecular weight excluding hydrogens is 1100 g/mol. The number of aryl methyl sites for hydroxylation is 1. The summed E-state index contributed by atoms with van der Waals surface area (Å²) < 4.78 is 23.8. The normalized spacial score (nSPS) is 8.52. The first-order valence-electron chi connectivity index (χ1n) is 26.2. The van der Waals surface area contributed by atoms with E-state index in [2.05, 4.69) is 285 Å². The molecule has 0 saturated heterocycles. The summed E-state index contributed by atoms with van der Waals surface area (Å²) >= 11 is 0. The van der Waals surface area contributed by atoms with Gasteiger partial charge < -0.3 is 24.3 Å². The molecule has 1 aliphatic rings. The van der Waals surface area contributed by atoms with Crippen molar-refractivity contribution in [3.8, 4) is 290 Å². The molecule has 1 unspecified atom stereocenters. The van der Waals surface area contributed by atoms with Gasteiger partial charge in [-0.3, -0.25) is 0 Å². The number of amides is 1. The third-order valence-electron chi connectivity index (χ3n) is 11.4. The number of alkyl carbamates (subject to hydrolysis) is 1. The van der Waals surface area contributed by atoms with Crippen LogP contribution in [-0.4, -0.2) is 12.7 Å². The maximum Gasteiger partial charge on any atom is 0.407 e. The molecule has 6 heteroatoms. The predicted molar refractivity (Wildman–Crippen MR) is 350 cm³/mol. The van der Waals surface area contributed by atoms with Crippen molar-refractivity contribution < 1.29 is 23.7 Å². The minimum Gasteiger partial charge on any atom is -0.489 e. The van der Waals surface area contributed by atoms with E-state index in [4.69, 9.17) is 31.8 Å². The summed E-state index contributed by atoms with van der Waals surface area (Å²) in [5, 5.41) is 5.00. The molecule has 0 saturated carbocycles. The maximum absolute atomic E-state index is 13.7. The summed E-state index contributed by atoms with van der Waals surface area (Å²) in [6, 6.07) is 40.9. The average molecular weight is 1140 g/mol. The first-order chi connectivity index (χ1) is 44.5. The highest BCUT2D eigenvalue weighted by Gasteiger charge is 2.29. The Balaban J connectivity index is 1.01. The van der Waals surface area contributed by atoms with Crippen molar-refractivity contribution in [1.29, 1.82) is 0 Å². The number of ether oxygens (including phenoxy) is 4. The van der Waals surface area contributed by atoms with E-state index in [0.29, 0.717) is 22.8 Å². The van der Waals surface area contributed by atoms with Gasteiger partial charge in [0.1, 0.15) is 42.7 Å². The number of hydrogen-bond donors (Lipinski definition) is 1. The minimum atomic E-state index is -0.521. The van der Waals surface area contributed by atoms with E-state index >= 15 is 0 Å². The van der Waals surface area contributed by atoms with Gasteiger partial charge in [0.05, 0.1) is 6.04 Å². The summed E-state index contributed by atoms with van der Waals surface area (Å²) in [5.74, 6) is 101. The number of fused-ring (bicyclic) bond motifs is 4. The molecule has 1 aliphatic carbocycles. The molecule has 0 heterocycles. The number of rotatable bonds is 10. The second kappa shape index (κ2) is 36.8. The number of benzene rings is 6. The van der Waals surface area contributed by atoms with Crippen LogP contribution in [0.15, 0.2) is 127 Å². The van der Waals surface area contributed by atoms with Crippen molar-refractivity contribution >= 4 is 16.9 Å². The third-order valence-corrected chi connectivity index (χ3v) is 11.4. The molecule has 0 radical (unpaired) electrons. The first-order valence-corrected chi connectivity index (χ1v) is 26.2. The van der Waals surface area contributed by atoms with Gasteiger partial charge in [0.2, 0.25) is 0 Å². The van der Waals surface area contributed by atoms with Crippen LogP contribution in [0.1, 0.15) is 45.3 Å². The fraction of sp³-hybridized carbons (Fsp3) is 0.0595. The lowest BCUT2D eigenvalue weighted by atomic mass is 9.95. The van der Waals surface area contributed by atoms with Crippen LogP contribution < -0.4 is 19.5 Å². The maximum atomic E-state index is 13.7. The van der Waals surface area contributed by atoms with Gasteiger partial charge in [0.15, 0.2) is 0 Å². The van der Waals surface area contributed by atoms with Gasteiger partial charge in [0.25, 0.3) is 0 Å². The van der Waals surface area contributed by atoms with E-state index in [1.165, 1.54) is 0 Å². The molecule has 0 fully saturated rings. The van der Waals surface area contributed by atoms with E-state index in [9.17, 15) is 4.79 Å². The van der Waals surface area contributed by atoms with Crippen LogP contribution in [0.3, 0.4) is 0 Å². The lowest BCUT2D eigenvalue weighted by Gasteiger charge is -2.22. The van der Waals surface area contributed by atoms with E-state index in [1.54, 1.807) is 18.2 Å². The molecule has 1 atom stereocenters. The predicted octanol–water partition coefficient (Wildman–Crippen LogP) is 9.36. The number of carbonyl (C=O) groups is 1. The van der Waals surface area contributed by atoms with Gasteiger partial charge in [-0.05, 0) is 182 Å². The Labute approximate surface area is 526 Å². The van der Waals surface area contributed by atoms with Gasteiger partial charge >= 0.3 is 6.09 Å². The monoisotopic (exact) mass is 1140 g/mol. The van der Waals surface area contributed by atoms with E-state index in [-0.39, 0.29) is 19.1 Å². The quantitative estimate of drug-likeness (QED) is 0.139. The number of hydrogen-bond acceptors (Lipinski definition) is 5. The van der Waals surface area contributed by atoms with E-state index in [1.807, 2.05) is 85.8 Å². The second-order valence-electron chi connectivity index (χ2n) is 17.1. The van der Waals surface area contributed by atoms with Crippen molar-refractivity contribution in [2.45, 2.75) is 25.5 Å². The molecule has 6 nitrogen and oxygen atoms in total. The van der Waals surface area contributed by atoms with Crippen LogP contribution in [0.4, 0.5) is 4.79 Å². The molecule has 0 spiro atoms. The fourth-order valence-corrected chi connectivity index (χ4v) is 7.74. The Morgan fingerprint density at radius 1 is 0.411 bits per heavy atom. The molecule has 6 aromatic rings. The lowest BCUT2D eigenvalue weighted by Crippen LogP contribution is -2.31. The molecule has 404 valence electrons. The molecule has 7 rings (SSSR count). The number of nitrogens with one attached hydrogen (secondary N) is 1. The molecule has 1 amide bonds. The molecular formula is C84H33NO5. The summed E-state index contributed by atoms with van der Waals surface area (Å²) in [6.07, 6.45) is 14.6. The van der Waals surface area contributed by atoms with Crippen molar-refractivity contribution in [2.75, 3.05) is 6.61 Å². The zero-order valence-electron chi connectivity index (χ0n) is 47.4. The van der Waals surface area contributed by atoms with E-state index < -0.39 is 12.1 Å². The van der Waals surface area contributed by atoms with Crippen LogP contribution in [0.5, 0.6) is 17.2 Å².